The van der Waals surface area contributed by atoms with E-state index in [2.05, 4.69) is 5.32 Å². The van der Waals surface area contributed by atoms with Crippen molar-refractivity contribution in [1.82, 2.24) is 10.2 Å². The van der Waals surface area contributed by atoms with Crippen molar-refractivity contribution in [2.75, 3.05) is 0 Å². The van der Waals surface area contributed by atoms with E-state index in [4.69, 9.17) is 23.2 Å². The third kappa shape index (κ3) is 6.68. The first-order chi connectivity index (χ1) is 15.2. The van der Waals surface area contributed by atoms with Gasteiger partial charge in [-0.15, -0.1) is 0 Å². The lowest BCUT2D eigenvalue weighted by Crippen LogP contribution is -2.51. The third-order valence-corrected chi connectivity index (χ3v) is 5.99. The van der Waals surface area contributed by atoms with Gasteiger partial charge in [0.15, 0.2) is 0 Å². The molecule has 0 fully saturated rings. The van der Waals surface area contributed by atoms with E-state index in [1.54, 1.807) is 36.4 Å². The highest BCUT2D eigenvalue weighted by Crippen LogP contribution is 2.25. The molecule has 172 valence electrons. The van der Waals surface area contributed by atoms with Crippen molar-refractivity contribution in [2.24, 2.45) is 0 Å². The number of nitrogens with one attached hydrogen (secondary N) is 1. The molecule has 9 heteroatoms. The average molecular weight is 480 g/mol. The normalized spacial score (nSPS) is 12.7. The van der Waals surface area contributed by atoms with Crippen LogP contribution in [-0.2, 0) is 22.6 Å². The third-order valence-electron chi connectivity index (χ3n) is 5.25. The smallest absolute Gasteiger partial charge is 0.273 e. The molecule has 0 aliphatic carbocycles. The Kier molecular flexibility index (Phi) is 9.47. The first-order valence-corrected chi connectivity index (χ1v) is 11.2. The summed E-state index contributed by atoms with van der Waals surface area (Å²) in [6.07, 6.45) is 0.928. The van der Waals surface area contributed by atoms with Gasteiger partial charge in [-0.3, -0.25) is 19.7 Å². The van der Waals surface area contributed by atoms with Gasteiger partial charge in [-0.25, -0.2) is 0 Å². The van der Waals surface area contributed by atoms with E-state index in [1.807, 2.05) is 20.8 Å². The van der Waals surface area contributed by atoms with E-state index in [1.165, 1.54) is 11.0 Å². The van der Waals surface area contributed by atoms with Gasteiger partial charge in [-0.2, -0.15) is 0 Å². The number of nitro benzene ring substituents is 1. The van der Waals surface area contributed by atoms with Gasteiger partial charge in [0.2, 0.25) is 11.8 Å². The predicted octanol–water partition coefficient (Wildman–Crippen LogP) is 5.17. The molecule has 7 nitrogen and oxygen atoms in total. The fraction of sp³-hybridized carbons (Fsp3) is 0.391. The molecule has 0 radical (unpaired) electrons. The van der Waals surface area contributed by atoms with Crippen molar-refractivity contribution in [1.29, 1.82) is 0 Å². The van der Waals surface area contributed by atoms with Gasteiger partial charge in [-0.05, 0) is 37.5 Å². The summed E-state index contributed by atoms with van der Waals surface area (Å²) in [5, 5.41) is 15.0. The molecule has 0 saturated carbocycles. The van der Waals surface area contributed by atoms with Crippen molar-refractivity contribution in [3.63, 3.8) is 0 Å². The summed E-state index contributed by atoms with van der Waals surface area (Å²) in [6.45, 7) is 5.78. The van der Waals surface area contributed by atoms with Gasteiger partial charge < -0.3 is 10.2 Å². The van der Waals surface area contributed by atoms with Crippen LogP contribution in [0.2, 0.25) is 10.0 Å². The molecule has 0 aliphatic heterocycles. The molecule has 2 aromatic rings. The van der Waals surface area contributed by atoms with E-state index in [9.17, 15) is 19.7 Å². The highest BCUT2D eigenvalue weighted by molar-refractivity contribution is 6.42. The zero-order chi connectivity index (χ0) is 23.8. The largest absolute Gasteiger partial charge is 0.352 e. The molecule has 2 atom stereocenters. The number of hydrogen-bond donors (Lipinski definition) is 1. The van der Waals surface area contributed by atoms with Crippen molar-refractivity contribution in [2.45, 2.75) is 58.7 Å². The molecule has 0 bridgehead atoms. The molecule has 0 aliphatic rings. The molecule has 32 heavy (non-hydrogen) atoms. The van der Waals surface area contributed by atoms with Gasteiger partial charge in [0.25, 0.3) is 5.69 Å². The van der Waals surface area contributed by atoms with Crippen LogP contribution in [0.1, 0.15) is 44.7 Å². The summed E-state index contributed by atoms with van der Waals surface area (Å²) < 4.78 is 0. The van der Waals surface area contributed by atoms with E-state index in [0.717, 1.165) is 6.42 Å². The molecule has 2 amide bonds. The number of rotatable bonds is 10. The number of carbonyl (C=O) groups is 2. The fourth-order valence-electron chi connectivity index (χ4n) is 3.30. The van der Waals surface area contributed by atoms with Gasteiger partial charge >= 0.3 is 0 Å². The second-order valence-corrected chi connectivity index (χ2v) is 8.39. The SMILES string of the molecule is CCC(C)NC(=O)C(CC)N(Cc1ccc(Cl)c(Cl)c1)C(=O)Cc1ccccc1[N+](=O)[O-]. The monoisotopic (exact) mass is 479 g/mol. The lowest BCUT2D eigenvalue weighted by molar-refractivity contribution is -0.385. The van der Waals surface area contributed by atoms with Crippen molar-refractivity contribution in [3.05, 3.63) is 73.8 Å². The maximum absolute atomic E-state index is 13.4. The Balaban J connectivity index is 2.39. The lowest BCUT2D eigenvalue weighted by Gasteiger charge is -2.31. The summed E-state index contributed by atoms with van der Waals surface area (Å²) in [7, 11) is 0. The summed E-state index contributed by atoms with van der Waals surface area (Å²) >= 11 is 12.1. The summed E-state index contributed by atoms with van der Waals surface area (Å²) in [5.74, 6) is -0.658. The average Bonchev–Trinajstić information content (AvgIpc) is 2.76. The molecular formula is C23H27Cl2N3O4. The molecule has 2 rings (SSSR count). The first kappa shape index (κ1) is 25.6. The Bertz CT molecular complexity index is 983. The zero-order valence-electron chi connectivity index (χ0n) is 18.3. The zero-order valence-corrected chi connectivity index (χ0v) is 19.8. The number of nitrogens with zero attached hydrogens (tertiary/aromatic N) is 2. The molecule has 1 N–H and O–H groups in total. The minimum absolute atomic E-state index is 0.0475. The van der Waals surface area contributed by atoms with Crippen LogP contribution in [0.15, 0.2) is 42.5 Å². The number of amides is 2. The van der Waals surface area contributed by atoms with Crippen LogP contribution >= 0.6 is 23.2 Å². The van der Waals surface area contributed by atoms with Crippen LogP contribution in [0.4, 0.5) is 5.69 Å². The van der Waals surface area contributed by atoms with Crippen LogP contribution in [0.25, 0.3) is 0 Å². The van der Waals surface area contributed by atoms with Crippen LogP contribution in [0.5, 0.6) is 0 Å². The van der Waals surface area contributed by atoms with Crippen LogP contribution in [0.3, 0.4) is 0 Å². The lowest BCUT2D eigenvalue weighted by atomic mass is 10.0. The van der Waals surface area contributed by atoms with Crippen molar-refractivity contribution >= 4 is 40.7 Å². The fourth-order valence-corrected chi connectivity index (χ4v) is 3.62. The Labute approximate surface area is 197 Å². The molecular weight excluding hydrogens is 453 g/mol. The number of hydrogen-bond acceptors (Lipinski definition) is 4. The van der Waals surface area contributed by atoms with E-state index in [-0.39, 0.29) is 30.6 Å². The second kappa shape index (κ2) is 11.8. The van der Waals surface area contributed by atoms with E-state index in [0.29, 0.717) is 27.6 Å². The molecule has 0 heterocycles. The van der Waals surface area contributed by atoms with Crippen molar-refractivity contribution in [3.8, 4) is 0 Å². The number of carbonyl (C=O) groups excluding carboxylic acids is 2. The Morgan fingerprint density at radius 3 is 2.38 bits per heavy atom. The molecule has 0 aromatic heterocycles. The molecule has 0 saturated heterocycles. The maximum atomic E-state index is 13.4. The molecule has 2 unspecified atom stereocenters. The maximum Gasteiger partial charge on any atom is 0.273 e. The summed E-state index contributed by atoms with van der Waals surface area (Å²) in [5.41, 5.74) is 0.858. The summed E-state index contributed by atoms with van der Waals surface area (Å²) in [4.78, 5) is 38.6. The predicted molar refractivity (Wildman–Crippen MR) is 126 cm³/mol. The van der Waals surface area contributed by atoms with Crippen LogP contribution < -0.4 is 5.32 Å². The minimum atomic E-state index is -0.742. The Hall–Kier alpha value is -2.64. The molecule has 0 spiro atoms. The van der Waals surface area contributed by atoms with Gasteiger partial charge in [0.05, 0.1) is 21.4 Å². The molecule has 2 aromatic carbocycles. The summed E-state index contributed by atoms with van der Waals surface area (Å²) in [6, 6.07) is 10.3. The number of benzene rings is 2. The van der Waals surface area contributed by atoms with Gasteiger partial charge in [0, 0.05) is 24.2 Å². The quantitative estimate of drug-likeness (QED) is 0.375. The number of nitro groups is 1. The van der Waals surface area contributed by atoms with Crippen LogP contribution in [-0.4, -0.2) is 33.7 Å². The topological polar surface area (TPSA) is 92.6 Å². The van der Waals surface area contributed by atoms with Gasteiger partial charge in [0.1, 0.15) is 6.04 Å². The Morgan fingerprint density at radius 2 is 1.78 bits per heavy atom. The van der Waals surface area contributed by atoms with Gasteiger partial charge in [-0.1, -0.05) is 61.3 Å². The van der Waals surface area contributed by atoms with Crippen molar-refractivity contribution < 1.29 is 14.5 Å². The number of halogens is 2. The highest BCUT2D eigenvalue weighted by atomic mass is 35.5. The van der Waals surface area contributed by atoms with E-state index >= 15 is 0 Å². The first-order valence-electron chi connectivity index (χ1n) is 10.4. The Morgan fingerprint density at radius 1 is 1.09 bits per heavy atom. The second-order valence-electron chi connectivity index (χ2n) is 7.57. The van der Waals surface area contributed by atoms with Crippen LogP contribution in [0, 0.1) is 10.1 Å². The minimum Gasteiger partial charge on any atom is -0.352 e. The number of para-hydroxylation sites is 1. The highest BCUT2D eigenvalue weighted by Gasteiger charge is 2.30. The standard InChI is InChI=1S/C23H27Cl2N3O4/c1-4-15(3)26-23(30)20(5-2)27(14-16-10-11-18(24)19(25)12-16)22(29)13-17-8-6-7-9-21(17)28(31)32/h6-12,15,20H,4-5,13-14H2,1-3H3,(H,26,30). The van der Waals surface area contributed by atoms with E-state index < -0.39 is 16.9 Å².